The third-order valence-electron chi connectivity index (χ3n) is 3.60. The van der Waals surface area contributed by atoms with E-state index in [1.165, 1.54) is 0 Å². The summed E-state index contributed by atoms with van der Waals surface area (Å²) in [5.41, 5.74) is 0. The molecule has 7 nitrogen and oxygen atoms in total. The van der Waals surface area contributed by atoms with Gasteiger partial charge in [-0.15, -0.1) is 0 Å². The molecule has 2 atom stereocenters. The van der Waals surface area contributed by atoms with Crippen LogP contribution < -0.4 is 5.32 Å². The Balaban J connectivity index is 1.91. The number of nitrogens with one attached hydrogen (secondary N) is 1. The largest absolute Gasteiger partial charge is 0.375 e. The summed E-state index contributed by atoms with van der Waals surface area (Å²) in [4.78, 5) is 38.8. The maximum atomic E-state index is 12.2. The number of ether oxygens (including phenoxy) is 1. The number of urea groups is 1. The van der Waals surface area contributed by atoms with Crippen molar-refractivity contribution in [2.75, 3.05) is 38.2 Å². The summed E-state index contributed by atoms with van der Waals surface area (Å²) in [5.74, 6) is 0.280. The number of carbonyl (C=O) groups is 3. The topological polar surface area (TPSA) is 79.0 Å². The molecule has 2 saturated heterocycles. The molecule has 0 unspecified atom stereocenters. The number of hydrogen-bond donors (Lipinski definition) is 1. The smallest absolute Gasteiger partial charge is 0.325 e. The second-order valence-corrected chi connectivity index (χ2v) is 6.21. The van der Waals surface area contributed by atoms with Gasteiger partial charge in [0.05, 0.1) is 12.7 Å². The van der Waals surface area contributed by atoms with Gasteiger partial charge in [-0.05, 0) is 25.4 Å². The van der Waals surface area contributed by atoms with Gasteiger partial charge in [0.1, 0.15) is 12.6 Å². The number of rotatable bonds is 5. The first-order valence-electron chi connectivity index (χ1n) is 7.03. The lowest BCUT2D eigenvalue weighted by Crippen LogP contribution is -2.49. The third-order valence-corrected chi connectivity index (χ3v) is 4.25. The van der Waals surface area contributed by atoms with Crippen LogP contribution in [0.4, 0.5) is 4.79 Å². The highest BCUT2D eigenvalue weighted by molar-refractivity contribution is 7.98. The Hall–Kier alpha value is -1.28. The Bertz CT molecular complexity index is 432. The van der Waals surface area contributed by atoms with E-state index in [4.69, 9.17) is 4.74 Å². The molecule has 0 aromatic carbocycles. The Morgan fingerprint density at radius 2 is 2.24 bits per heavy atom. The number of nitrogens with zero attached hydrogens (tertiary/aromatic N) is 2. The molecule has 2 aliphatic heterocycles. The van der Waals surface area contributed by atoms with E-state index in [0.29, 0.717) is 26.1 Å². The van der Waals surface area contributed by atoms with E-state index in [9.17, 15) is 14.4 Å². The van der Waals surface area contributed by atoms with E-state index >= 15 is 0 Å². The molecule has 0 saturated carbocycles. The predicted octanol–water partition coefficient (Wildman–Crippen LogP) is -0.0928. The lowest BCUT2D eigenvalue weighted by atomic mass is 10.2. The van der Waals surface area contributed by atoms with E-state index in [1.54, 1.807) is 16.7 Å². The zero-order chi connectivity index (χ0) is 15.4. The molecule has 0 radical (unpaired) electrons. The van der Waals surface area contributed by atoms with Crippen LogP contribution in [0.25, 0.3) is 0 Å². The maximum absolute atomic E-state index is 12.2. The van der Waals surface area contributed by atoms with Crippen LogP contribution in [-0.4, -0.2) is 78.0 Å². The fourth-order valence-corrected chi connectivity index (χ4v) is 2.91. The zero-order valence-electron chi connectivity index (χ0n) is 12.3. The highest BCUT2D eigenvalue weighted by atomic mass is 32.2. The summed E-state index contributed by atoms with van der Waals surface area (Å²) in [6.45, 7) is 3.20. The van der Waals surface area contributed by atoms with Crippen LogP contribution in [0.15, 0.2) is 0 Å². The van der Waals surface area contributed by atoms with Crippen LogP contribution in [0.3, 0.4) is 0 Å². The van der Waals surface area contributed by atoms with Gasteiger partial charge in [0, 0.05) is 13.1 Å². The minimum absolute atomic E-state index is 0.0138. The van der Waals surface area contributed by atoms with Crippen LogP contribution in [0, 0.1) is 0 Å². The number of hydrogen-bond acceptors (Lipinski definition) is 5. The van der Waals surface area contributed by atoms with E-state index in [1.807, 2.05) is 13.2 Å². The number of carbonyl (C=O) groups excluding carboxylic acids is 3. The van der Waals surface area contributed by atoms with E-state index in [0.717, 1.165) is 10.7 Å². The van der Waals surface area contributed by atoms with Gasteiger partial charge in [-0.25, -0.2) is 4.79 Å². The summed E-state index contributed by atoms with van der Waals surface area (Å²) in [6.07, 6.45) is 2.52. The third kappa shape index (κ3) is 3.88. The molecule has 0 bridgehead atoms. The van der Waals surface area contributed by atoms with Crippen LogP contribution in [0.5, 0.6) is 0 Å². The molecule has 4 amide bonds. The zero-order valence-corrected chi connectivity index (χ0v) is 13.1. The number of thioether (sulfide) groups is 1. The quantitative estimate of drug-likeness (QED) is 0.717. The normalized spacial score (nSPS) is 26.2. The summed E-state index contributed by atoms with van der Waals surface area (Å²) in [5, 5.41) is 2.63. The highest BCUT2D eigenvalue weighted by Gasteiger charge is 2.39. The molecule has 2 aliphatic rings. The lowest BCUT2D eigenvalue weighted by Gasteiger charge is -2.31. The Labute approximate surface area is 128 Å². The van der Waals surface area contributed by atoms with Crippen molar-refractivity contribution in [3.8, 4) is 0 Å². The van der Waals surface area contributed by atoms with Gasteiger partial charge in [-0.2, -0.15) is 11.8 Å². The second-order valence-electron chi connectivity index (χ2n) is 5.23. The van der Waals surface area contributed by atoms with Crippen molar-refractivity contribution in [3.05, 3.63) is 0 Å². The van der Waals surface area contributed by atoms with Crippen molar-refractivity contribution >= 4 is 29.6 Å². The van der Waals surface area contributed by atoms with Gasteiger partial charge >= 0.3 is 6.03 Å². The van der Waals surface area contributed by atoms with Crippen LogP contribution in [0.2, 0.25) is 0 Å². The first-order valence-corrected chi connectivity index (χ1v) is 8.42. The van der Waals surface area contributed by atoms with Crippen molar-refractivity contribution in [2.45, 2.75) is 25.5 Å². The molecular weight excluding hydrogens is 294 g/mol. The molecule has 1 N–H and O–H groups in total. The monoisotopic (exact) mass is 315 g/mol. The molecular formula is C13H21N3O4S. The minimum atomic E-state index is -0.499. The average Bonchev–Trinajstić information content (AvgIpc) is 2.72. The molecule has 2 heterocycles. The molecule has 2 rings (SSSR count). The maximum Gasteiger partial charge on any atom is 0.325 e. The van der Waals surface area contributed by atoms with Gasteiger partial charge < -0.3 is 15.0 Å². The van der Waals surface area contributed by atoms with Crippen molar-refractivity contribution in [3.63, 3.8) is 0 Å². The van der Waals surface area contributed by atoms with E-state index in [2.05, 4.69) is 5.32 Å². The van der Waals surface area contributed by atoms with E-state index in [-0.39, 0.29) is 24.5 Å². The van der Waals surface area contributed by atoms with E-state index < -0.39 is 12.1 Å². The van der Waals surface area contributed by atoms with Gasteiger partial charge in [0.15, 0.2) is 0 Å². The van der Waals surface area contributed by atoms with Gasteiger partial charge in [0.25, 0.3) is 5.91 Å². The first kappa shape index (κ1) is 16.1. The van der Waals surface area contributed by atoms with Gasteiger partial charge in [-0.3, -0.25) is 14.5 Å². The van der Waals surface area contributed by atoms with Crippen LogP contribution in [0.1, 0.15) is 13.3 Å². The summed E-state index contributed by atoms with van der Waals surface area (Å²) < 4.78 is 5.38. The number of imide groups is 1. The summed E-state index contributed by atoms with van der Waals surface area (Å²) >= 11 is 1.62. The highest BCUT2D eigenvalue weighted by Crippen LogP contribution is 2.13. The fraction of sp³-hybridized carbons (Fsp3) is 0.769. The molecule has 0 aromatic rings. The van der Waals surface area contributed by atoms with Gasteiger partial charge in [0.2, 0.25) is 5.91 Å². The molecule has 8 heteroatoms. The average molecular weight is 315 g/mol. The van der Waals surface area contributed by atoms with Crippen molar-refractivity contribution in [1.82, 2.24) is 15.1 Å². The van der Waals surface area contributed by atoms with Crippen molar-refractivity contribution in [1.29, 1.82) is 0 Å². The molecule has 0 aliphatic carbocycles. The van der Waals surface area contributed by atoms with Crippen LogP contribution >= 0.6 is 11.8 Å². The van der Waals surface area contributed by atoms with Crippen molar-refractivity contribution < 1.29 is 19.1 Å². The SMILES string of the molecule is CSCC[C@H]1NC(=O)N(CC(=O)N2CCO[C@@H](C)C2)C1=O. The fourth-order valence-electron chi connectivity index (χ4n) is 2.44. The molecule has 118 valence electrons. The number of morpholine rings is 1. The summed E-state index contributed by atoms with van der Waals surface area (Å²) in [7, 11) is 0. The Morgan fingerprint density at radius 3 is 2.90 bits per heavy atom. The predicted molar refractivity (Wildman–Crippen MR) is 79.0 cm³/mol. The second kappa shape index (κ2) is 7.13. The molecule has 21 heavy (non-hydrogen) atoms. The van der Waals surface area contributed by atoms with Crippen LogP contribution in [-0.2, 0) is 14.3 Å². The first-order chi connectivity index (χ1) is 10.0. The molecule has 0 aromatic heterocycles. The lowest BCUT2D eigenvalue weighted by molar-refractivity contribution is -0.142. The molecule has 0 spiro atoms. The Kier molecular flexibility index (Phi) is 5.46. The minimum Gasteiger partial charge on any atom is -0.375 e. The standard InChI is InChI=1S/C13H21N3O4S/c1-9-7-15(4-5-20-9)11(17)8-16-12(18)10(3-6-21-2)14-13(16)19/h9-10H,3-8H2,1-2H3,(H,14,19)/t9-,10+/m0/s1. The van der Waals surface area contributed by atoms with Gasteiger partial charge in [-0.1, -0.05) is 0 Å². The Morgan fingerprint density at radius 1 is 1.48 bits per heavy atom. The molecule has 2 fully saturated rings. The van der Waals surface area contributed by atoms with Crippen molar-refractivity contribution in [2.24, 2.45) is 0 Å². The summed E-state index contributed by atoms with van der Waals surface area (Å²) in [6, 6.07) is -0.970. The number of amides is 4.